The zero-order valence-electron chi connectivity index (χ0n) is 11.2. The number of carbonyl (C=O) groups is 1. The number of carbonyl (C=O) groups excluding carboxylic acids is 1. The summed E-state index contributed by atoms with van der Waals surface area (Å²) in [6.45, 7) is 3.86. The molecule has 19 heavy (non-hydrogen) atoms. The third-order valence-electron chi connectivity index (χ3n) is 2.72. The van der Waals surface area contributed by atoms with E-state index in [-0.39, 0.29) is 11.9 Å². The Morgan fingerprint density at radius 2 is 2.05 bits per heavy atom. The molecular formula is C15H16O4. The van der Waals surface area contributed by atoms with Gasteiger partial charge in [0, 0.05) is 0 Å². The quantitative estimate of drug-likeness (QED) is 0.789. The Labute approximate surface area is 111 Å². The maximum Gasteiger partial charge on any atom is 0.373 e. The average Bonchev–Trinajstić information content (AvgIpc) is 2.87. The molecule has 4 heteroatoms. The number of aryl methyl sites for hydroxylation is 1. The summed E-state index contributed by atoms with van der Waals surface area (Å²) in [5.41, 5.74) is 1.12. The highest BCUT2D eigenvalue weighted by molar-refractivity contribution is 5.86. The first kappa shape index (κ1) is 13.2. The molecule has 1 unspecified atom stereocenters. The zero-order valence-corrected chi connectivity index (χ0v) is 11.2. The van der Waals surface area contributed by atoms with E-state index in [1.165, 1.54) is 7.11 Å². The lowest BCUT2D eigenvalue weighted by molar-refractivity contribution is 0.0558. The van der Waals surface area contributed by atoms with Gasteiger partial charge in [0.05, 0.1) is 7.11 Å². The van der Waals surface area contributed by atoms with Crippen LogP contribution in [-0.4, -0.2) is 13.1 Å². The van der Waals surface area contributed by atoms with Gasteiger partial charge in [-0.1, -0.05) is 12.1 Å². The number of rotatable bonds is 4. The highest BCUT2D eigenvalue weighted by Gasteiger charge is 2.16. The fourth-order valence-electron chi connectivity index (χ4n) is 1.73. The summed E-state index contributed by atoms with van der Waals surface area (Å²) >= 11 is 0. The molecule has 1 atom stereocenters. The van der Waals surface area contributed by atoms with Gasteiger partial charge in [0.1, 0.15) is 11.5 Å². The molecule has 1 aromatic carbocycles. The molecule has 0 saturated carbocycles. The molecule has 2 aromatic rings. The molecule has 100 valence electrons. The lowest BCUT2D eigenvalue weighted by Gasteiger charge is -2.12. The third kappa shape index (κ3) is 3.16. The number of hydrogen-bond acceptors (Lipinski definition) is 4. The van der Waals surface area contributed by atoms with Crippen LogP contribution in [0.1, 0.15) is 34.9 Å². The van der Waals surface area contributed by atoms with Gasteiger partial charge >= 0.3 is 5.97 Å². The normalized spacial score (nSPS) is 11.9. The van der Waals surface area contributed by atoms with Gasteiger partial charge in [-0.2, -0.15) is 0 Å². The first-order valence-electron chi connectivity index (χ1n) is 6.01. The predicted octanol–water partition coefficient (Wildman–Crippen LogP) is 3.51. The lowest BCUT2D eigenvalue weighted by Crippen LogP contribution is -2.02. The maximum atomic E-state index is 11.3. The molecule has 1 aromatic heterocycles. The van der Waals surface area contributed by atoms with Crippen LogP contribution < -0.4 is 4.74 Å². The van der Waals surface area contributed by atoms with Crippen molar-refractivity contribution in [2.24, 2.45) is 0 Å². The maximum absolute atomic E-state index is 11.3. The second kappa shape index (κ2) is 5.61. The van der Waals surface area contributed by atoms with Crippen LogP contribution in [0.3, 0.4) is 0 Å². The first-order valence-corrected chi connectivity index (χ1v) is 6.01. The van der Waals surface area contributed by atoms with Crippen LogP contribution in [0.2, 0.25) is 0 Å². The van der Waals surface area contributed by atoms with Crippen LogP contribution in [0.4, 0.5) is 0 Å². The molecule has 2 rings (SSSR count). The van der Waals surface area contributed by atoms with E-state index < -0.39 is 5.97 Å². The standard InChI is InChI=1S/C15H16O4/c1-10-5-4-6-12(9-10)18-11(2)13-7-8-14(19-13)15(16)17-3/h4-9,11H,1-3H3. The van der Waals surface area contributed by atoms with E-state index in [4.69, 9.17) is 9.15 Å². The smallest absolute Gasteiger partial charge is 0.373 e. The Hall–Kier alpha value is -2.23. The number of esters is 1. The number of furan rings is 1. The van der Waals surface area contributed by atoms with Gasteiger partial charge in [0.15, 0.2) is 6.10 Å². The Bertz CT molecular complexity index is 571. The molecule has 0 fully saturated rings. The van der Waals surface area contributed by atoms with E-state index >= 15 is 0 Å². The fourth-order valence-corrected chi connectivity index (χ4v) is 1.73. The topological polar surface area (TPSA) is 48.7 Å². The molecule has 0 aliphatic carbocycles. The van der Waals surface area contributed by atoms with Crippen molar-refractivity contribution >= 4 is 5.97 Å². The van der Waals surface area contributed by atoms with Crippen LogP contribution in [0.25, 0.3) is 0 Å². The fraction of sp³-hybridized carbons (Fsp3) is 0.267. The SMILES string of the molecule is COC(=O)c1ccc(C(C)Oc2cccc(C)c2)o1. The summed E-state index contributed by atoms with van der Waals surface area (Å²) in [5.74, 6) is 1.04. The van der Waals surface area contributed by atoms with Crippen molar-refractivity contribution in [1.29, 1.82) is 0 Å². The molecule has 0 saturated heterocycles. The molecule has 0 radical (unpaired) electrons. The van der Waals surface area contributed by atoms with Crippen LogP contribution >= 0.6 is 0 Å². The third-order valence-corrected chi connectivity index (χ3v) is 2.72. The molecule has 0 spiro atoms. The summed E-state index contributed by atoms with van der Waals surface area (Å²) in [5, 5.41) is 0. The minimum atomic E-state index is -0.492. The summed E-state index contributed by atoms with van der Waals surface area (Å²) in [7, 11) is 1.32. The van der Waals surface area contributed by atoms with E-state index in [9.17, 15) is 4.79 Å². The molecule has 0 aliphatic rings. The van der Waals surface area contributed by atoms with Crippen LogP contribution in [0.5, 0.6) is 5.75 Å². The molecule has 4 nitrogen and oxygen atoms in total. The number of ether oxygens (including phenoxy) is 2. The van der Waals surface area contributed by atoms with Gasteiger partial charge in [-0.15, -0.1) is 0 Å². The molecule has 0 bridgehead atoms. The summed E-state index contributed by atoms with van der Waals surface area (Å²) < 4.78 is 15.8. The van der Waals surface area contributed by atoms with E-state index in [1.807, 2.05) is 38.1 Å². The van der Waals surface area contributed by atoms with Crippen molar-refractivity contribution in [1.82, 2.24) is 0 Å². The van der Waals surface area contributed by atoms with Crippen molar-refractivity contribution in [3.05, 3.63) is 53.5 Å². The van der Waals surface area contributed by atoms with Crippen molar-refractivity contribution in [2.45, 2.75) is 20.0 Å². The average molecular weight is 260 g/mol. The van der Waals surface area contributed by atoms with Gasteiger partial charge in [0.25, 0.3) is 0 Å². The van der Waals surface area contributed by atoms with E-state index in [0.29, 0.717) is 5.76 Å². The number of benzene rings is 1. The highest BCUT2D eigenvalue weighted by atomic mass is 16.5. The Morgan fingerprint density at radius 3 is 2.74 bits per heavy atom. The van der Waals surface area contributed by atoms with Gasteiger partial charge in [-0.05, 0) is 43.7 Å². The van der Waals surface area contributed by atoms with E-state index in [1.54, 1.807) is 12.1 Å². The van der Waals surface area contributed by atoms with Crippen molar-refractivity contribution in [2.75, 3.05) is 7.11 Å². The first-order chi connectivity index (χ1) is 9.10. The number of hydrogen-bond donors (Lipinski definition) is 0. The largest absolute Gasteiger partial charge is 0.483 e. The van der Waals surface area contributed by atoms with E-state index in [0.717, 1.165) is 11.3 Å². The van der Waals surface area contributed by atoms with Crippen LogP contribution in [0, 0.1) is 6.92 Å². The molecule has 1 heterocycles. The van der Waals surface area contributed by atoms with Crippen molar-refractivity contribution in [3.63, 3.8) is 0 Å². The summed E-state index contributed by atoms with van der Waals surface area (Å²) in [6, 6.07) is 11.1. The Morgan fingerprint density at radius 1 is 1.26 bits per heavy atom. The minimum Gasteiger partial charge on any atom is -0.483 e. The summed E-state index contributed by atoms with van der Waals surface area (Å²) in [4.78, 5) is 11.3. The van der Waals surface area contributed by atoms with Gasteiger partial charge in [0.2, 0.25) is 5.76 Å². The van der Waals surface area contributed by atoms with Gasteiger partial charge < -0.3 is 13.9 Å². The molecular weight excluding hydrogens is 244 g/mol. The van der Waals surface area contributed by atoms with Crippen molar-refractivity contribution in [3.8, 4) is 5.75 Å². The van der Waals surface area contributed by atoms with Gasteiger partial charge in [-0.3, -0.25) is 0 Å². The van der Waals surface area contributed by atoms with Gasteiger partial charge in [-0.25, -0.2) is 4.79 Å². The summed E-state index contributed by atoms with van der Waals surface area (Å²) in [6.07, 6.45) is -0.278. The molecule has 0 amide bonds. The second-order valence-corrected chi connectivity index (χ2v) is 4.27. The van der Waals surface area contributed by atoms with Crippen molar-refractivity contribution < 1.29 is 18.7 Å². The minimum absolute atomic E-state index is 0.178. The highest BCUT2D eigenvalue weighted by Crippen LogP contribution is 2.24. The predicted molar refractivity (Wildman–Crippen MR) is 70.3 cm³/mol. The van der Waals surface area contributed by atoms with E-state index in [2.05, 4.69) is 4.74 Å². The Balaban J connectivity index is 2.09. The lowest BCUT2D eigenvalue weighted by atomic mass is 10.2. The van der Waals surface area contributed by atoms with Crippen LogP contribution in [0.15, 0.2) is 40.8 Å². The molecule has 0 aliphatic heterocycles. The Kier molecular flexibility index (Phi) is 3.90. The molecule has 0 N–H and O–H groups in total. The van der Waals surface area contributed by atoms with Crippen LogP contribution in [-0.2, 0) is 4.74 Å². The zero-order chi connectivity index (χ0) is 13.8. The monoisotopic (exact) mass is 260 g/mol. The number of methoxy groups -OCH3 is 1. The second-order valence-electron chi connectivity index (χ2n) is 4.27.